The highest BCUT2D eigenvalue weighted by molar-refractivity contribution is 7.89. The molecule has 0 aromatic carbocycles. The Morgan fingerprint density at radius 1 is 1.14 bits per heavy atom. The zero-order chi connectivity index (χ0) is 16.0. The highest BCUT2D eigenvalue weighted by Gasteiger charge is 2.24. The smallest absolute Gasteiger partial charge is 0.274 e. The molecule has 0 amide bonds. The maximum absolute atomic E-state index is 12.3. The lowest BCUT2D eigenvalue weighted by atomic mass is 9.96. The summed E-state index contributed by atoms with van der Waals surface area (Å²) in [5.41, 5.74) is 0. The Kier molecular flexibility index (Phi) is 6.90. The Morgan fingerprint density at radius 3 is 2.29 bits per heavy atom. The minimum absolute atomic E-state index is 0.0131. The Morgan fingerprint density at radius 2 is 1.76 bits per heavy atom. The summed E-state index contributed by atoms with van der Waals surface area (Å²) in [7, 11) is -3.59. The van der Waals surface area contributed by atoms with Crippen molar-refractivity contribution in [2.75, 3.05) is 0 Å². The van der Waals surface area contributed by atoms with Gasteiger partial charge in [-0.05, 0) is 25.0 Å². The quantitative estimate of drug-likeness (QED) is 0.735. The maximum Gasteiger partial charge on any atom is 0.274 e. The van der Waals surface area contributed by atoms with Crippen LogP contribution in [0.4, 0.5) is 0 Å². The number of nitrogens with one attached hydrogen (secondary N) is 2. The number of furan rings is 1. The summed E-state index contributed by atoms with van der Waals surface area (Å²) < 4.78 is 32.8. The van der Waals surface area contributed by atoms with Gasteiger partial charge >= 0.3 is 0 Å². The Hall–Kier alpha value is -0.850. The maximum atomic E-state index is 12.3. The fourth-order valence-electron chi connectivity index (χ4n) is 2.30. The Bertz CT molecular complexity index is 519. The SMILES string of the molecule is CCC(CC)C(C)NS(=O)(=O)c1ccc(CNC(C)C)o1. The minimum atomic E-state index is -3.59. The van der Waals surface area contributed by atoms with Crippen molar-refractivity contribution in [3.05, 3.63) is 17.9 Å². The van der Waals surface area contributed by atoms with E-state index in [2.05, 4.69) is 23.9 Å². The third-order valence-corrected chi connectivity index (χ3v) is 5.11. The van der Waals surface area contributed by atoms with Gasteiger partial charge in [-0.15, -0.1) is 0 Å². The molecule has 21 heavy (non-hydrogen) atoms. The first-order valence-electron chi connectivity index (χ1n) is 7.64. The monoisotopic (exact) mass is 316 g/mol. The topological polar surface area (TPSA) is 71.3 Å². The molecule has 0 saturated heterocycles. The van der Waals surface area contributed by atoms with Crippen molar-refractivity contribution in [3.8, 4) is 0 Å². The summed E-state index contributed by atoms with van der Waals surface area (Å²) in [6.45, 7) is 10.6. The van der Waals surface area contributed by atoms with E-state index in [1.807, 2.05) is 20.8 Å². The van der Waals surface area contributed by atoms with Gasteiger partial charge in [0.15, 0.2) is 0 Å². The molecule has 1 aromatic heterocycles. The fraction of sp³-hybridized carbons (Fsp3) is 0.733. The molecule has 1 aromatic rings. The highest BCUT2D eigenvalue weighted by atomic mass is 32.2. The van der Waals surface area contributed by atoms with Crippen LogP contribution in [0.5, 0.6) is 0 Å². The second kappa shape index (κ2) is 7.96. The van der Waals surface area contributed by atoms with Crippen LogP contribution in [0.2, 0.25) is 0 Å². The van der Waals surface area contributed by atoms with Gasteiger partial charge in [0.1, 0.15) is 5.76 Å². The molecule has 122 valence electrons. The van der Waals surface area contributed by atoms with Crippen molar-refractivity contribution in [1.29, 1.82) is 0 Å². The van der Waals surface area contributed by atoms with Crippen LogP contribution in [0.3, 0.4) is 0 Å². The van der Waals surface area contributed by atoms with E-state index in [1.165, 1.54) is 6.07 Å². The highest BCUT2D eigenvalue weighted by Crippen LogP contribution is 2.18. The summed E-state index contributed by atoms with van der Waals surface area (Å²) in [4.78, 5) is 0. The molecule has 1 unspecified atom stereocenters. The van der Waals surface area contributed by atoms with Gasteiger partial charge in [-0.2, -0.15) is 0 Å². The summed E-state index contributed by atoms with van der Waals surface area (Å²) in [5, 5.41) is 3.18. The summed E-state index contributed by atoms with van der Waals surface area (Å²) in [5.74, 6) is 0.955. The molecule has 0 bridgehead atoms. The number of rotatable bonds is 9. The van der Waals surface area contributed by atoms with E-state index in [1.54, 1.807) is 6.07 Å². The van der Waals surface area contributed by atoms with Crippen LogP contribution in [0.25, 0.3) is 0 Å². The molecular formula is C15H28N2O3S. The number of hydrogen-bond donors (Lipinski definition) is 2. The van der Waals surface area contributed by atoms with Gasteiger partial charge in [0.25, 0.3) is 10.0 Å². The molecule has 0 aliphatic rings. The van der Waals surface area contributed by atoms with Gasteiger partial charge in [0.2, 0.25) is 5.09 Å². The molecule has 2 N–H and O–H groups in total. The predicted octanol–water partition coefficient (Wildman–Crippen LogP) is 2.88. The fourth-order valence-corrected chi connectivity index (χ4v) is 3.56. The van der Waals surface area contributed by atoms with Crippen molar-refractivity contribution in [2.45, 2.75) is 71.2 Å². The summed E-state index contributed by atoms with van der Waals surface area (Å²) in [6, 6.07) is 3.43. The van der Waals surface area contributed by atoms with Gasteiger partial charge in [0.05, 0.1) is 6.54 Å². The third kappa shape index (κ3) is 5.45. The molecule has 0 radical (unpaired) electrons. The molecule has 5 nitrogen and oxygen atoms in total. The van der Waals surface area contributed by atoms with Crippen LogP contribution in [-0.4, -0.2) is 20.5 Å². The molecule has 0 spiro atoms. The normalized spacial score (nSPS) is 14.0. The van der Waals surface area contributed by atoms with Crippen LogP contribution in [-0.2, 0) is 16.6 Å². The molecule has 0 saturated carbocycles. The largest absolute Gasteiger partial charge is 0.447 e. The zero-order valence-corrected chi connectivity index (χ0v) is 14.5. The molecule has 0 aliphatic heterocycles. The standard InChI is InChI=1S/C15H28N2O3S/c1-6-13(7-2)12(5)17-21(18,19)15-9-8-14(20-15)10-16-11(3)4/h8-9,11-13,16-17H,6-7,10H2,1-5H3. The first kappa shape index (κ1) is 18.2. The van der Waals surface area contributed by atoms with E-state index in [0.29, 0.717) is 24.3 Å². The zero-order valence-electron chi connectivity index (χ0n) is 13.6. The average Bonchev–Trinajstić information content (AvgIpc) is 2.86. The van der Waals surface area contributed by atoms with Crippen molar-refractivity contribution in [3.63, 3.8) is 0 Å². The first-order valence-corrected chi connectivity index (χ1v) is 9.12. The molecule has 0 aliphatic carbocycles. The van der Waals surface area contributed by atoms with Gasteiger partial charge in [0, 0.05) is 12.1 Å². The van der Waals surface area contributed by atoms with E-state index < -0.39 is 10.0 Å². The minimum Gasteiger partial charge on any atom is -0.447 e. The summed E-state index contributed by atoms with van der Waals surface area (Å²) in [6.07, 6.45) is 1.89. The van der Waals surface area contributed by atoms with Gasteiger partial charge in [-0.25, -0.2) is 13.1 Å². The number of hydrogen-bond acceptors (Lipinski definition) is 4. The number of sulfonamides is 1. The Labute approximate surface area is 128 Å². The lowest BCUT2D eigenvalue weighted by molar-refractivity contribution is 0.371. The van der Waals surface area contributed by atoms with Crippen molar-refractivity contribution in [2.24, 2.45) is 5.92 Å². The van der Waals surface area contributed by atoms with E-state index in [4.69, 9.17) is 4.42 Å². The predicted molar refractivity (Wildman–Crippen MR) is 84.5 cm³/mol. The summed E-state index contributed by atoms with van der Waals surface area (Å²) >= 11 is 0. The van der Waals surface area contributed by atoms with Crippen LogP contribution >= 0.6 is 0 Å². The van der Waals surface area contributed by atoms with Crippen molar-refractivity contribution < 1.29 is 12.8 Å². The van der Waals surface area contributed by atoms with Gasteiger partial charge in [-0.1, -0.05) is 40.5 Å². The van der Waals surface area contributed by atoms with Crippen LogP contribution in [0.1, 0.15) is 53.2 Å². The van der Waals surface area contributed by atoms with E-state index >= 15 is 0 Å². The van der Waals surface area contributed by atoms with E-state index in [9.17, 15) is 8.42 Å². The first-order chi connectivity index (χ1) is 9.80. The Balaban J connectivity index is 2.74. The van der Waals surface area contributed by atoms with Gasteiger partial charge in [-0.3, -0.25) is 0 Å². The van der Waals surface area contributed by atoms with Crippen LogP contribution in [0, 0.1) is 5.92 Å². The molecular weight excluding hydrogens is 288 g/mol. The lowest BCUT2D eigenvalue weighted by Crippen LogP contribution is -2.37. The molecule has 1 atom stereocenters. The molecule has 1 heterocycles. The van der Waals surface area contributed by atoms with Crippen LogP contribution < -0.4 is 10.0 Å². The van der Waals surface area contributed by atoms with Crippen molar-refractivity contribution >= 4 is 10.0 Å². The molecule has 1 rings (SSSR count). The van der Waals surface area contributed by atoms with E-state index in [-0.39, 0.29) is 11.1 Å². The average molecular weight is 316 g/mol. The third-order valence-electron chi connectivity index (χ3n) is 3.68. The second-order valence-electron chi connectivity index (χ2n) is 5.74. The van der Waals surface area contributed by atoms with Crippen molar-refractivity contribution in [1.82, 2.24) is 10.0 Å². The van der Waals surface area contributed by atoms with E-state index in [0.717, 1.165) is 12.8 Å². The van der Waals surface area contributed by atoms with Gasteiger partial charge < -0.3 is 9.73 Å². The lowest BCUT2D eigenvalue weighted by Gasteiger charge is -2.21. The molecule has 6 heteroatoms. The second-order valence-corrected chi connectivity index (χ2v) is 7.39. The van der Waals surface area contributed by atoms with Crippen LogP contribution in [0.15, 0.2) is 21.6 Å². The molecule has 0 fully saturated rings.